The summed E-state index contributed by atoms with van der Waals surface area (Å²) in [4.78, 5) is 36.2. The van der Waals surface area contributed by atoms with Crippen molar-refractivity contribution in [2.45, 2.75) is 26.0 Å². The predicted molar refractivity (Wildman–Crippen MR) is 94.6 cm³/mol. The van der Waals surface area contributed by atoms with E-state index in [2.05, 4.69) is 15.0 Å². The largest absolute Gasteiger partial charge is 0.488 e. The highest BCUT2D eigenvalue weighted by molar-refractivity contribution is 5.78. The van der Waals surface area contributed by atoms with Gasteiger partial charge in [0, 0.05) is 12.6 Å². The molecule has 0 spiro atoms. The van der Waals surface area contributed by atoms with Crippen molar-refractivity contribution in [2.24, 2.45) is 0 Å². The van der Waals surface area contributed by atoms with Crippen molar-refractivity contribution in [2.75, 3.05) is 13.2 Å². The average molecular weight is 354 g/mol. The number of aromatic amines is 1. The van der Waals surface area contributed by atoms with E-state index in [-0.39, 0.29) is 18.2 Å². The number of hydrogen-bond donors (Lipinski definition) is 1. The topological polar surface area (TPSA) is 99.1 Å². The summed E-state index contributed by atoms with van der Waals surface area (Å²) in [7, 11) is 0. The van der Waals surface area contributed by atoms with Gasteiger partial charge < -0.3 is 14.5 Å². The number of fused-ring (bicyclic) bond motifs is 1. The van der Waals surface area contributed by atoms with Crippen LogP contribution in [0.15, 0.2) is 40.1 Å². The van der Waals surface area contributed by atoms with Gasteiger partial charge in [-0.15, -0.1) is 0 Å². The lowest BCUT2D eigenvalue weighted by molar-refractivity contribution is 0.141. The van der Waals surface area contributed by atoms with Gasteiger partial charge in [0.2, 0.25) is 0 Å². The molecule has 4 rings (SSSR count). The first kappa shape index (κ1) is 16.5. The Balaban J connectivity index is 1.73. The van der Waals surface area contributed by atoms with E-state index in [1.807, 2.05) is 0 Å². The van der Waals surface area contributed by atoms with E-state index in [4.69, 9.17) is 9.47 Å². The van der Waals surface area contributed by atoms with Crippen LogP contribution in [0.5, 0.6) is 5.75 Å². The van der Waals surface area contributed by atoms with E-state index in [9.17, 15) is 9.59 Å². The van der Waals surface area contributed by atoms with Crippen LogP contribution in [0.3, 0.4) is 0 Å². The molecule has 1 fully saturated rings. The highest BCUT2D eigenvalue weighted by Gasteiger charge is 2.18. The molecular weight excluding hydrogens is 336 g/mol. The zero-order chi connectivity index (χ0) is 18.1. The smallest absolute Gasteiger partial charge is 0.329 e. The van der Waals surface area contributed by atoms with Crippen LogP contribution in [0.1, 0.15) is 17.9 Å². The first-order chi connectivity index (χ1) is 12.6. The normalized spacial score (nSPS) is 16.9. The molecule has 0 bridgehead atoms. The maximum atomic E-state index is 12.8. The van der Waals surface area contributed by atoms with Gasteiger partial charge in [0.25, 0.3) is 5.56 Å². The molecule has 1 aromatic carbocycles. The Labute approximate surface area is 148 Å². The molecule has 134 valence electrons. The third kappa shape index (κ3) is 3.23. The molecule has 0 saturated carbocycles. The fourth-order valence-corrected chi connectivity index (χ4v) is 3.00. The Kier molecular flexibility index (Phi) is 4.26. The number of nitrogens with one attached hydrogen (secondary N) is 1. The second-order valence-electron chi connectivity index (χ2n) is 6.23. The van der Waals surface area contributed by atoms with Crippen molar-refractivity contribution in [1.82, 2.24) is 19.5 Å². The molecule has 3 aromatic rings. The Morgan fingerprint density at radius 3 is 3.00 bits per heavy atom. The first-order valence-electron chi connectivity index (χ1n) is 8.40. The van der Waals surface area contributed by atoms with Crippen LogP contribution in [0.2, 0.25) is 0 Å². The second kappa shape index (κ2) is 6.72. The second-order valence-corrected chi connectivity index (χ2v) is 6.23. The van der Waals surface area contributed by atoms with E-state index < -0.39 is 5.69 Å². The number of nitrogens with zero attached hydrogens (tertiary/aromatic N) is 3. The van der Waals surface area contributed by atoms with Crippen LogP contribution in [0.25, 0.3) is 10.9 Å². The molecule has 1 aliphatic heterocycles. The van der Waals surface area contributed by atoms with E-state index >= 15 is 0 Å². The van der Waals surface area contributed by atoms with Crippen molar-refractivity contribution in [1.29, 1.82) is 0 Å². The van der Waals surface area contributed by atoms with Crippen LogP contribution in [0, 0.1) is 6.92 Å². The van der Waals surface area contributed by atoms with Crippen molar-refractivity contribution in [3.05, 3.63) is 62.8 Å². The molecule has 1 saturated heterocycles. The molecule has 1 N–H and O–H groups in total. The molecule has 0 radical (unpaired) electrons. The van der Waals surface area contributed by atoms with Gasteiger partial charge in [0.15, 0.2) is 0 Å². The summed E-state index contributed by atoms with van der Waals surface area (Å²) in [5.74, 6) is 1.17. The van der Waals surface area contributed by atoms with Crippen molar-refractivity contribution in [3.63, 3.8) is 0 Å². The number of benzene rings is 1. The molecule has 8 heteroatoms. The van der Waals surface area contributed by atoms with Crippen LogP contribution < -0.4 is 16.0 Å². The maximum Gasteiger partial charge on any atom is 0.329 e. The Hall–Kier alpha value is -3.00. The molecule has 1 unspecified atom stereocenters. The van der Waals surface area contributed by atoms with Gasteiger partial charge in [0.05, 0.1) is 36.4 Å². The quantitative estimate of drug-likeness (QED) is 0.750. The summed E-state index contributed by atoms with van der Waals surface area (Å²) in [5.41, 5.74) is 0.217. The van der Waals surface area contributed by atoms with Gasteiger partial charge in [-0.05, 0) is 31.2 Å². The van der Waals surface area contributed by atoms with Gasteiger partial charge in [-0.3, -0.25) is 9.36 Å². The minimum atomic E-state index is -0.475. The number of rotatable bonds is 4. The highest BCUT2D eigenvalue weighted by atomic mass is 16.5. The summed E-state index contributed by atoms with van der Waals surface area (Å²) in [6.45, 7) is 3.06. The maximum absolute atomic E-state index is 12.8. The van der Waals surface area contributed by atoms with Gasteiger partial charge in [-0.2, -0.15) is 0 Å². The van der Waals surface area contributed by atoms with Crippen LogP contribution in [-0.4, -0.2) is 38.8 Å². The number of ether oxygens (including phenoxy) is 2. The number of hydrogen-bond acceptors (Lipinski definition) is 6. The van der Waals surface area contributed by atoms with Crippen molar-refractivity contribution in [3.8, 4) is 5.75 Å². The number of H-pyrrole nitrogens is 1. The third-order valence-electron chi connectivity index (χ3n) is 4.30. The van der Waals surface area contributed by atoms with E-state index in [0.29, 0.717) is 41.4 Å². The summed E-state index contributed by atoms with van der Waals surface area (Å²) >= 11 is 0. The Bertz CT molecular complexity index is 1070. The summed E-state index contributed by atoms with van der Waals surface area (Å²) in [5, 5.41) is 0.395. The van der Waals surface area contributed by atoms with Gasteiger partial charge in [-0.1, -0.05) is 0 Å². The van der Waals surface area contributed by atoms with Crippen LogP contribution in [-0.2, 0) is 11.3 Å². The minimum Gasteiger partial charge on any atom is -0.488 e. The van der Waals surface area contributed by atoms with Crippen LogP contribution in [0.4, 0.5) is 0 Å². The Morgan fingerprint density at radius 2 is 2.23 bits per heavy atom. The molecule has 1 aliphatic rings. The first-order valence-corrected chi connectivity index (χ1v) is 8.40. The molecular formula is C18H18N4O4. The van der Waals surface area contributed by atoms with Gasteiger partial charge >= 0.3 is 5.69 Å². The monoisotopic (exact) mass is 354 g/mol. The lowest BCUT2D eigenvalue weighted by atomic mass is 10.2. The lowest BCUT2D eigenvalue weighted by Gasteiger charge is -2.12. The zero-order valence-corrected chi connectivity index (χ0v) is 14.3. The van der Waals surface area contributed by atoms with Crippen molar-refractivity contribution >= 4 is 10.9 Å². The molecule has 2 aromatic heterocycles. The predicted octanol–water partition coefficient (Wildman–Crippen LogP) is 1.00. The van der Waals surface area contributed by atoms with E-state index in [1.165, 1.54) is 0 Å². The standard InChI is InChI=1S/C18H18N4O4/c1-11-19-6-4-12(20-11)9-22-17(23)15-8-13(26-14-5-7-25-10-14)2-3-16(15)21-18(22)24/h2-4,6,8,14H,5,7,9-10H2,1H3,(H,21,24). The fourth-order valence-electron chi connectivity index (χ4n) is 3.00. The zero-order valence-electron chi connectivity index (χ0n) is 14.3. The summed E-state index contributed by atoms with van der Waals surface area (Å²) in [6.07, 6.45) is 2.41. The average Bonchev–Trinajstić information content (AvgIpc) is 3.12. The van der Waals surface area contributed by atoms with Gasteiger partial charge in [-0.25, -0.2) is 14.8 Å². The highest BCUT2D eigenvalue weighted by Crippen LogP contribution is 2.20. The van der Waals surface area contributed by atoms with Gasteiger partial charge in [0.1, 0.15) is 17.7 Å². The molecule has 0 amide bonds. The van der Waals surface area contributed by atoms with Crippen molar-refractivity contribution < 1.29 is 9.47 Å². The Morgan fingerprint density at radius 1 is 1.35 bits per heavy atom. The summed E-state index contributed by atoms with van der Waals surface area (Å²) < 4.78 is 12.3. The fraction of sp³-hybridized carbons (Fsp3) is 0.333. The van der Waals surface area contributed by atoms with Crippen LogP contribution >= 0.6 is 0 Å². The lowest BCUT2D eigenvalue weighted by Crippen LogP contribution is -2.35. The minimum absolute atomic E-state index is 0.0126. The SMILES string of the molecule is Cc1nccc(Cn2c(=O)[nH]c3ccc(OC4CCOC4)cc3c2=O)n1. The molecule has 0 aliphatic carbocycles. The molecule has 3 heterocycles. The third-order valence-corrected chi connectivity index (χ3v) is 4.30. The molecule has 26 heavy (non-hydrogen) atoms. The number of aromatic nitrogens is 4. The van der Waals surface area contributed by atoms with E-state index in [0.717, 1.165) is 11.0 Å². The molecule has 8 nitrogen and oxygen atoms in total. The van der Waals surface area contributed by atoms with E-state index in [1.54, 1.807) is 37.4 Å². The molecule has 1 atom stereocenters. The summed E-state index contributed by atoms with van der Waals surface area (Å²) in [6, 6.07) is 6.77. The number of aryl methyl sites for hydroxylation is 1.